The third kappa shape index (κ3) is 4.22. The van der Waals surface area contributed by atoms with Gasteiger partial charge in [-0.3, -0.25) is 0 Å². The van der Waals surface area contributed by atoms with Crippen molar-refractivity contribution in [3.05, 3.63) is 194 Å². The van der Waals surface area contributed by atoms with Crippen LogP contribution in [0.15, 0.2) is 194 Å². The first-order chi connectivity index (χ1) is 26.8. The van der Waals surface area contributed by atoms with Crippen molar-refractivity contribution in [2.75, 3.05) is 0 Å². The molecule has 10 aromatic carbocycles. The zero-order valence-corrected chi connectivity index (χ0v) is 29.4. The fraction of sp³-hybridized carbons (Fsp3) is 0. The van der Waals surface area contributed by atoms with Crippen LogP contribution in [0.3, 0.4) is 0 Å². The molecule has 250 valence electrons. The van der Waals surface area contributed by atoms with Crippen LogP contribution in [0.25, 0.3) is 109 Å². The van der Waals surface area contributed by atoms with Gasteiger partial charge in [-0.1, -0.05) is 146 Å². The molecule has 0 spiro atoms. The van der Waals surface area contributed by atoms with E-state index in [4.69, 9.17) is 0 Å². The number of hydrogen-bond donors (Lipinski definition) is 0. The van der Waals surface area contributed by atoms with Crippen LogP contribution in [-0.2, 0) is 0 Å². The zero-order valence-electron chi connectivity index (χ0n) is 29.4. The fourth-order valence-electron chi connectivity index (χ4n) is 9.12. The lowest BCUT2D eigenvalue weighted by molar-refractivity contribution is 1.18. The van der Waals surface area contributed by atoms with E-state index in [9.17, 15) is 0 Å². The lowest BCUT2D eigenvalue weighted by Crippen LogP contribution is -1.95. The number of hydrogen-bond acceptors (Lipinski definition) is 0. The Bertz CT molecular complexity index is 3270. The summed E-state index contributed by atoms with van der Waals surface area (Å²) >= 11 is 0. The van der Waals surface area contributed by atoms with Crippen molar-refractivity contribution in [1.29, 1.82) is 0 Å². The van der Waals surface area contributed by atoms with Gasteiger partial charge in [0.05, 0.1) is 22.1 Å². The van der Waals surface area contributed by atoms with Crippen LogP contribution < -0.4 is 0 Å². The van der Waals surface area contributed by atoms with Crippen LogP contribution in [0, 0.1) is 0 Å². The van der Waals surface area contributed by atoms with Crippen LogP contribution in [0.4, 0.5) is 0 Å². The van der Waals surface area contributed by atoms with Gasteiger partial charge in [0.15, 0.2) is 0 Å². The van der Waals surface area contributed by atoms with Crippen LogP contribution in [0.2, 0.25) is 0 Å². The molecule has 0 unspecified atom stereocenters. The number of rotatable bonds is 3. The minimum atomic E-state index is 1.17. The molecule has 12 aromatic rings. The predicted molar refractivity (Wildman–Crippen MR) is 231 cm³/mol. The largest absolute Gasteiger partial charge is 0.309 e. The zero-order chi connectivity index (χ0) is 35.3. The Labute approximate surface area is 311 Å². The summed E-state index contributed by atoms with van der Waals surface area (Å²) in [4.78, 5) is 0. The van der Waals surface area contributed by atoms with Crippen molar-refractivity contribution >= 4 is 86.7 Å². The van der Waals surface area contributed by atoms with Gasteiger partial charge in [0.1, 0.15) is 0 Å². The molecular weight excluding hydrogens is 653 g/mol. The molecule has 2 heterocycles. The van der Waals surface area contributed by atoms with Gasteiger partial charge in [-0.05, 0) is 103 Å². The summed E-state index contributed by atoms with van der Waals surface area (Å²) in [5.41, 5.74) is 9.56. The first kappa shape index (κ1) is 29.4. The van der Waals surface area contributed by atoms with Crippen molar-refractivity contribution < 1.29 is 0 Å². The maximum absolute atomic E-state index is 2.46. The van der Waals surface area contributed by atoms with Crippen molar-refractivity contribution in [3.8, 4) is 22.5 Å². The van der Waals surface area contributed by atoms with E-state index in [1.54, 1.807) is 0 Å². The maximum Gasteiger partial charge on any atom is 0.0547 e. The summed E-state index contributed by atoms with van der Waals surface area (Å²) in [5, 5.41) is 15.1. The Hall–Kier alpha value is -7.16. The minimum absolute atomic E-state index is 1.17. The number of aromatic nitrogens is 2. The van der Waals surface area contributed by atoms with E-state index in [1.165, 1.54) is 109 Å². The van der Waals surface area contributed by atoms with E-state index in [2.05, 4.69) is 203 Å². The van der Waals surface area contributed by atoms with Crippen LogP contribution >= 0.6 is 0 Å². The Morgan fingerprint density at radius 1 is 0.241 bits per heavy atom. The SMILES string of the molecule is c1ccc2cc(-n3c4cc(-c5ccc6c7c8ccccc8ccc7n(-c7ccc8ccccc8c7)c6c5)ccc4c4c5ccccc5ccc43)ccc2c1. The maximum atomic E-state index is 2.46. The predicted octanol–water partition coefficient (Wildman–Crippen LogP) is 14.2. The molecule has 0 N–H and O–H groups in total. The lowest BCUT2D eigenvalue weighted by atomic mass is 9.99. The molecule has 0 saturated heterocycles. The minimum Gasteiger partial charge on any atom is -0.309 e. The number of nitrogens with zero attached hydrogens (tertiary/aromatic N) is 2. The lowest BCUT2D eigenvalue weighted by Gasteiger charge is -2.12. The van der Waals surface area contributed by atoms with Gasteiger partial charge in [0.25, 0.3) is 0 Å². The van der Waals surface area contributed by atoms with E-state index in [0.29, 0.717) is 0 Å². The number of benzene rings is 10. The molecule has 0 bridgehead atoms. The molecule has 0 aliphatic rings. The first-order valence-electron chi connectivity index (χ1n) is 18.7. The van der Waals surface area contributed by atoms with Gasteiger partial charge >= 0.3 is 0 Å². The van der Waals surface area contributed by atoms with E-state index in [0.717, 1.165) is 0 Å². The van der Waals surface area contributed by atoms with Gasteiger partial charge in [-0.25, -0.2) is 0 Å². The molecule has 2 heteroatoms. The molecule has 2 nitrogen and oxygen atoms in total. The molecule has 0 aliphatic carbocycles. The van der Waals surface area contributed by atoms with Gasteiger partial charge in [0, 0.05) is 32.9 Å². The Kier molecular flexibility index (Phi) is 6.09. The fourth-order valence-corrected chi connectivity index (χ4v) is 9.12. The molecule has 2 aromatic heterocycles. The summed E-state index contributed by atoms with van der Waals surface area (Å²) in [6, 6.07) is 71.7. The first-order valence-corrected chi connectivity index (χ1v) is 18.7. The monoisotopic (exact) mass is 684 g/mol. The smallest absolute Gasteiger partial charge is 0.0547 e. The molecule has 0 radical (unpaired) electrons. The van der Waals surface area contributed by atoms with E-state index in [1.807, 2.05) is 0 Å². The molecule has 0 amide bonds. The van der Waals surface area contributed by atoms with Crippen molar-refractivity contribution in [3.63, 3.8) is 0 Å². The third-order valence-corrected chi connectivity index (χ3v) is 11.6. The van der Waals surface area contributed by atoms with Gasteiger partial charge in [0.2, 0.25) is 0 Å². The van der Waals surface area contributed by atoms with Crippen LogP contribution in [-0.4, -0.2) is 9.13 Å². The van der Waals surface area contributed by atoms with Crippen molar-refractivity contribution in [2.45, 2.75) is 0 Å². The highest BCUT2D eigenvalue weighted by Gasteiger charge is 2.19. The van der Waals surface area contributed by atoms with Crippen LogP contribution in [0.5, 0.6) is 0 Å². The molecule has 12 rings (SSSR count). The molecule has 0 saturated carbocycles. The molecule has 54 heavy (non-hydrogen) atoms. The second kappa shape index (κ2) is 11.2. The molecular formula is C52H32N2. The number of fused-ring (bicyclic) bond motifs is 12. The Balaban J connectivity index is 1.14. The normalized spacial score (nSPS) is 12.1. The second-order valence-electron chi connectivity index (χ2n) is 14.6. The standard InChI is InChI=1S/C52H32N2/c1-3-13-37-29-41(23-17-33(37)9-1)53-47-27-21-35-11-5-7-15-43(35)51(47)45-25-19-39(31-49(45)53)40-20-26-46-50(32-40)54(42-24-18-34-10-2-4-14-38(34)30-42)48-28-22-36-12-6-8-16-44(36)52(46)48/h1-32H. The summed E-state index contributed by atoms with van der Waals surface area (Å²) < 4.78 is 4.92. The average molecular weight is 685 g/mol. The Morgan fingerprint density at radius 2 is 0.630 bits per heavy atom. The van der Waals surface area contributed by atoms with E-state index < -0.39 is 0 Å². The summed E-state index contributed by atoms with van der Waals surface area (Å²) in [7, 11) is 0. The van der Waals surface area contributed by atoms with Gasteiger partial charge < -0.3 is 9.13 Å². The van der Waals surface area contributed by atoms with Crippen molar-refractivity contribution in [1.82, 2.24) is 9.13 Å². The molecule has 0 atom stereocenters. The van der Waals surface area contributed by atoms with Gasteiger partial charge in [-0.15, -0.1) is 0 Å². The third-order valence-electron chi connectivity index (χ3n) is 11.6. The highest BCUT2D eigenvalue weighted by molar-refractivity contribution is 6.23. The quantitative estimate of drug-likeness (QED) is 0.175. The topological polar surface area (TPSA) is 9.86 Å². The molecule has 0 aliphatic heterocycles. The Morgan fingerprint density at radius 3 is 1.09 bits per heavy atom. The van der Waals surface area contributed by atoms with E-state index >= 15 is 0 Å². The van der Waals surface area contributed by atoms with Crippen LogP contribution in [0.1, 0.15) is 0 Å². The highest BCUT2D eigenvalue weighted by Crippen LogP contribution is 2.42. The molecule has 0 fully saturated rings. The summed E-state index contributed by atoms with van der Waals surface area (Å²) in [5.74, 6) is 0. The van der Waals surface area contributed by atoms with Gasteiger partial charge in [-0.2, -0.15) is 0 Å². The average Bonchev–Trinajstić information content (AvgIpc) is 3.76. The van der Waals surface area contributed by atoms with E-state index in [-0.39, 0.29) is 0 Å². The second-order valence-corrected chi connectivity index (χ2v) is 14.6. The highest BCUT2D eigenvalue weighted by atomic mass is 15.0. The van der Waals surface area contributed by atoms with Crippen molar-refractivity contribution in [2.24, 2.45) is 0 Å². The summed E-state index contributed by atoms with van der Waals surface area (Å²) in [6.07, 6.45) is 0. The summed E-state index contributed by atoms with van der Waals surface area (Å²) in [6.45, 7) is 0.